The third-order valence-electron chi connectivity index (χ3n) is 5.29. The molecule has 0 bridgehead atoms. The van der Waals surface area contributed by atoms with E-state index in [9.17, 15) is 9.18 Å². The first-order valence-corrected chi connectivity index (χ1v) is 7.65. The Morgan fingerprint density at radius 1 is 1.29 bits per heavy atom. The zero-order chi connectivity index (χ0) is 15.8. The largest absolute Gasteiger partial charge is 0.320 e. The molecule has 21 heavy (non-hydrogen) atoms. The van der Waals surface area contributed by atoms with E-state index in [1.54, 1.807) is 0 Å². The van der Waals surface area contributed by atoms with E-state index < -0.39 is 0 Å². The van der Waals surface area contributed by atoms with E-state index in [1.165, 1.54) is 12.1 Å². The third-order valence-corrected chi connectivity index (χ3v) is 5.29. The van der Waals surface area contributed by atoms with Crippen molar-refractivity contribution in [1.82, 2.24) is 0 Å². The summed E-state index contributed by atoms with van der Waals surface area (Å²) in [7, 11) is 4.23. The van der Waals surface area contributed by atoms with Gasteiger partial charge in [-0.3, -0.25) is 4.79 Å². The summed E-state index contributed by atoms with van der Waals surface area (Å²) in [6, 6.07) is 2.94. The number of carbonyl (C=O) groups excluding carboxylic acids is 1. The van der Waals surface area contributed by atoms with E-state index in [1.807, 2.05) is 13.8 Å². The zero-order valence-corrected chi connectivity index (χ0v) is 13.7. The van der Waals surface area contributed by atoms with E-state index in [2.05, 4.69) is 26.3 Å². The lowest BCUT2D eigenvalue weighted by Gasteiger charge is -2.52. The molecule has 1 aromatic rings. The number of hydrogen-bond donors (Lipinski definition) is 1. The van der Waals surface area contributed by atoms with Crippen LogP contribution < -0.4 is 5.32 Å². The Bertz CT molecular complexity index is 539. The highest BCUT2D eigenvalue weighted by atomic mass is 19.1. The van der Waals surface area contributed by atoms with Crippen LogP contribution in [0.25, 0.3) is 0 Å². The van der Waals surface area contributed by atoms with Crippen LogP contribution in [0, 0.1) is 19.7 Å². The maximum absolute atomic E-state index is 13.4. The van der Waals surface area contributed by atoms with Crippen LogP contribution in [0.15, 0.2) is 12.1 Å². The fourth-order valence-corrected chi connectivity index (χ4v) is 3.26. The molecule has 4 heteroatoms. The lowest BCUT2D eigenvalue weighted by atomic mass is 9.73. The van der Waals surface area contributed by atoms with E-state index in [0.29, 0.717) is 4.48 Å². The number of benzene rings is 1. The summed E-state index contributed by atoms with van der Waals surface area (Å²) in [4.78, 5) is 12.9. The van der Waals surface area contributed by atoms with Crippen molar-refractivity contribution in [2.24, 2.45) is 0 Å². The SMILES string of the molecule is CC[N+](C)(C)C1(C(=O)Nc2c(C)cc(F)cc2C)CCC1. The molecule has 3 nitrogen and oxygen atoms in total. The molecule has 2 rings (SSSR count). The first-order chi connectivity index (χ1) is 9.73. The molecule has 0 saturated heterocycles. The van der Waals surface area contributed by atoms with Gasteiger partial charge in [-0.15, -0.1) is 0 Å². The number of likely N-dealkylation sites (N-methyl/N-ethyl adjacent to an activating group) is 1. The van der Waals surface area contributed by atoms with Gasteiger partial charge >= 0.3 is 0 Å². The lowest BCUT2D eigenvalue weighted by Crippen LogP contribution is -2.69. The molecular formula is C17H26FN2O+. The highest BCUT2D eigenvalue weighted by molar-refractivity contribution is 5.99. The molecule has 0 atom stereocenters. The number of rotatable bonds is 4. The molecule has 0 spiro atoms. The van der Waals surface area contributed by atoms with Crippen molar-refractivity contribution in [3.05, 3.63) is 29.1 Å². The Morgan fingerprint density at radius 2 is 1.81 bits per heavy atom. The van der Waals surface area contributed by atoms with Crippen LogP contribution in [0.5, 0.6) is 0 Å². The molecule has 0 unspecified atom stereocenters. The molecular weight excluding hydrogens is 267 g/mol. The minimum atomic E-state index is -0.345. The second kappa shape index (κ2) is 5.41. The monoisotopic (exact) mass is 293 g/mol. The van der Waals surface area contributed by atoms with Crippen molar-refractivity contribution >= 4 is 11.6 Å². The molecule has 1 aliphatic carbocycles. The normalized spacial score (nSPS) is 17.2. The summed E-state index contributed by atoms with van der Waals surface area (Å²) in [6.45, 7) is 6.69. The van der Waals surface area contributed by atoms with Crippen molar-refractivity contribution in [2.45, 2.75) is 45.6 Å². The van der Waals surface area contributed by atoms with Gasteiger partial charge in [0.05, 0.1) is 20.6 Å². The second-order valence-electron chi connectivity index (χ2n) is 6.76. The first kappa shape index (κ1) is 16.0. The van der Waals surface area contributed by atoms with Crippen LogP contribution >= 0.6 is 0 Å². The van der Waals surface area contributed by atoms with E-state index in [4.69, 9.17) is 0 Å². The number of halogens is 1. The summed E-state index contributed by atoms with van der Waals surface area (Å²) in [5.41, 5.74) is 1.96. The van der Waals surface area contributed by atoms with Gasteiger partial charge in [-0.05, 0) is 50.5 Å². The van der Waals surface area contributed by atoms with E-state index >= 15 is 0 Å². The fraction of sp³-hybridized carbons (Fsp3) is 0.588. The summed E-state index contributed by atoms with van der Waals surface area (Å²) < 4.78 is 14.1. The number of quaternary nitrogens is 1. The number of aryl methyl sites for hydroxylation is 2. The van der Waals surface area contributed by atoms with Crippen molar-refractivity contribution < 1.29 is 13.7 Å². The third kappa shape index (κ3) is 2.57. The molecule has 0 radical (unpaired) electrons. The van der Waals surface area contributed by atoms with Crippen LogP contribution in [0.2, 0.25) is 0 Å². The number of nitrogens with zero attached hydrogens (tertiary/aromatic N) is 1. The average molecular weight is 293 g/mol. The molecule has 0 aromatic heterocycles. The molecule has 1 aliphatic rings. The van der Waals surface area contributed by atoms with Crippen LogP contribution in [-0.2, 0) is 4.79 Å². The minimum absolute atomic E-state index is 0.0680. The second-order valence-corrected chi connectivity index (χ2v) is 6.76. The van der Waals surface area contributed by atoms with Crippen LogP contribution in [0.4, 0.5) is 10.1 Å². The van der Waals surface area contributed by atoms with Crippen molar-refractivity contribution in [2.75, 3.05) is 26.0 Å². The van der Waals surface area contributed by atoms with E-state index in [-0.39, 0.29) is 17.3 Å². The highest BCUT2D eigenvalue weighted by Gasteiger charge is 2.56. The Kier molecular flexibility index (Phi) is 4.11. The fourth-order valence-electron chi connectivity index (χ4n) is 3.26. The lowest BCUT2D eigenvalue weighted by molar-refractivity contribution is -0.936. The Hall–Kier alpha value is -1.42. The summed E-state index contributed by atoms with van der Waals surface area (Å²) >= 11 is 0. The molecule has 1 aromatic carbocycles. The average Bonchev–Trinajstić information content (AvgIpc) is 2.31. The van der Waals surface area contributed by atoms with Gasteiger partial charge in [-0.25, -0.2) is 4.39 Å². The van der Waals surface area contributed by atoms with Gasteiger partial charge in [0.15, 0.2) is 5.54 Å². The Labute approximate surface area is 126 Å². The molecule has 1 N–H and O–H groups in total. The number of hydrogen-bond acceptors (Lipinski definition) is 1. The van der Waals surface area contributed by atoms with Gasteiger partial charge in [0.1, 0.15) is 5.82 Å². The quantitative estimate of drug-likeness (QED) is 0.847. The zero-order valence-electron chi connectivity index (χ0n) is 13.7. The van der Waals surface area contributed by atoms with E-state index in [0.717, 1.165) is 42.6 Å². The summed E-state index contributed by atoms with van der Waals surface area (Å²) in [5, 5.41) is 3.07. The minimum Gasteiger partial charge on any atom is -0.320 e. The van der Waals surface area contributed by atoms with Crippen molar-refractivity contribution in [1.29, 1.82) is 0 Å². The van der Waals surface area contributed by atoms with Crippen molar-refractivity contribution in [3.63, 3.8) is 0 Å². The number of anilines is 1. The van der Waals surface area contributed by atoms with Gasteiger partial charge in [0, 0.05) is 18.5 Å². The van der Waals surface area contributed by atoms with Crippen LogP contribution in [0.3, 0.4) is 0 Å². The summed E-state index contributed by atoms with van der Waals surface area (Å²) in [5.74, 6) is -0.190. The first-order valence-electron chi connectivity index (χ1n) is 7.65. The number of carbonyl (C=O) groups is 1. The Balaban J connectivity index is 2.30. The predicted molar refractivity (Wildman–Crippen MR) is 83.7 cm³/mol. The molecule has 1 amide bonds. The topological polar surface area (TPSA) is 29.1 Å². The maximum atomic E-state index is 13.4. The summed E-state index contributed by atoms with van der Waals surface area (Å²) in [6.07, 6.45) is 2.93. The predicted octanol–water partition coefficient (Wildman–Crippen LogP) is 3.40. The van der Waals surface area contributed by atoms with Crippen LogP contribution in [0.1, 0.15) is 37.3 Å². The van der Waals surface area contributed by atoms with Crippen LogP contribution in [-0.4, -0.2) is 36.6 Å². The van der Waals surface area contributed by atoms with Crippen molar-refractivity contribution in [3.8, 4) is 0 Å². The van der Waals surface area contributed by atoms with Gasteiger partial charge in [-0.2, -0.15) is 0 Å². The molecule has 1 fully saturated rings. The molecule has 0 heterocycles. The standard InChI is InChI=1S/C17H25FN2O/c1-6-20(4,5)17(8-7-9-17)16(21)19-15-12(2)10-14(18)11-13(15)3/h10-11H,6-9H2,1-5H3/p+1. The number of amides is 1. The van der Waals surface area contributed by atoms with Gasteiger partial charge in [0.2, 0.25) is 0 Å². The van der Waals surface area contributed by atoms with Gasteiger partial charge in [0.25, 0.3) is 5.91 Å². The highest BCUT2D eigenvalue weighted by Crippen LogP contribution is 2.42. The number of nitrogens with one attached hydrogen (secondary N) is 1. The molecule has 0 aliphatic heterocycles. The van der Waals surface area contributed by atoms with Gasteiger partial charge in [-0.1, -0.05) is 0 Å². The smallest absolute Gasteiger partial charge is 0.285 e. The Morgan fingerprint density at radius 3 is 2.19 bits per heavy atom. The molecule has 1 saturated carbocycles. The van der Waals surface area contributed by atoms with Gasteiger partial charge < -0.3 is 9.80 Å². The molecule has 116 valence electrons. The maximum Gasteiger partial charge on any atom is 0.285 e.